The highest BCUT2D eigenvalue weighted by molar-refractivity contribution is 6.05. The van der Waals surface area contributed by atoms with Crippen molar-refractivity contribution < 1.29 is 49.5 Å². The zero-order valence-corrected chi connectivity index (χ0v) is 18.7. The molecule has 0 bridgehead atoms. The van der Waals surface area contributed by atoms with E-state index < -0.39 is 66.8 Å². The second-order valence-electron chi connectivity index (χ2n) is 8.05. The number of carbonyl (C=O) groups excluding carboxylic acids is 1. The molecule has 1 N–H and O–H groups in total. The standard InChI is InChI=1S/C23H18F7N3O4/c24-11-1-2-16(25)14(7-11)12-3-5-31-20(13-4-6-35-9-15(13)23(28,29)30)21(12)32-22(34)17-8-19(33-37-17)36-10-18(26)27/h1-3,5,7-8,13,15,18H,4,6,9-10H2,(H,32,34). The molecule has 7 nitrogen and oxygen atoms in total. The van der Waals surface area contributed by atoms with Crippen LogP contribution in [0.3, 0.4) is 0 Å². The van der Waals surface area contributed by atoms with Gasteiger partial charge in [0, 0.05) is 29.8 Å². The summed E-state index contributed by atoms with van der Waals surface area (Å²) in [5, 5.41) is 5.68. The highest BCUT2D eigenvalue weighted by atomic mass is 19.4. The van der Waals surface area contributed by atoms with Gasteiger partial charge < -0.3 is 19.3 Å². The summed E-state index contributed by atoms with van der Waals surface area (Å²) in [6, 6.07) is 4.60. The third-order valence-electron chi connectivity index (χ3n) is 5.63. The van der Waals surface area contributed by atoms with Crippen LogP contribution in [0.4, 0.5) is 36.4 Å². The van der Waals surface area contributed by atoms with Crippen molar-refractivity contribution >= 4 is 11.6 Å². The molecule has 0 aliphatic carbocycles. The summed E-state index contributed by atoms with van der Waals surface area (Å²) in [6.45, 7) is -1.71. The van der Waals surface area contributed by atoms with Gasteiger partial charge in [-0.05, 0) is 35.8 Å². The lowest BCUT2D eigenvalue weighted by Crippen LogP contribution is -2.38. The number of pyridine rings is 1. The first-order chi connectivity index (χ1) is 17.5. The van der Waals surface area contributed by atoms with E-state index in [0.717, 1.165) is 30.5 Å². The van der Waals surface area contributed by atoms with E-state index in [4.69, 9.17) is 9.26 Å². The topological polar surface area (TPSA) is 86.5 Å². The molecule has 1 aliphatic rings. The maximum absolute atomic E-state index is 14.7. The van der Waals surface area contributed by atoms with Gasteiger partial charge >= 0.3 is 6.18 Å². The lowest BCUT2D eigenvalue weighted by Gasteiger charge is -2.33. The van der Waals surface area contributed by atoms with Crippen LogP contribution >= 0.6 is 0 Å². The third-order valence-corrected chi connectivity index (χ3v) is 5.63. The van der Waals surface area contributed by atoms with Crippen molar-refractivity contribution in [2.75, 3.05) is 25.1 Å². The Hall–Kier alpha value is -3.68. The Bertz CT molecular complexity index is 1270. The molecule has 1 saturated heterocycles. The van der Waals surface area contributed by atoms with Crippen LogP contribution in [0.15, 0.2) is 41.1 Å². The normalized spacial score (nSPS) is 18.2. The van der Waals surface area contributed by atoms with E-state index in [0.29, 0.717) is 0 Å². The molecule has 0 spiro atoms. The highest BCUT2D eigenvalue weighted by Gasteiger charge is 2.48. The number of hydrogen-bond acceptors (Lipinski definition) is 6. The highest BCUT2D eigenvalue weighted by Crippen LogP contribution is 2.45. The van der Waals surface area contributed by atoms with Crippen LogP contribution in [-0.2, 0) is 4.74 Å². The summed E-state index contributed by atoms with van der Waals surface area (Å²) < 4.78 is 109. The van der Waals surface area contributed by atoms with Crippen molar-refractivity contribution in [1.82, 2.24) is 10.1 Å². The molecule has 2 unspecified atom stereocenters. The molecule has 37 heavy (non-hydrogen) atoms. The van der Waals surface area contributed by atoms with Crippen molar-refractivity contribution in [2.45, 2.75) is 24.9 Å². The number of benzene rings is 1. The predicted octanol–water partition coefficient (Wildman–Crippen LogP) is 5.59. The summed E-state index contributed by atoms with van der Waals surface area (Å²) in [5.74, 6) is -7.06. The Morgan fingerprint density at radius 1 is 1.16 bits per heavy atom. The second kappa shape index (κ2) is 10.7. The van der Waals surface area contributed by atoms with Crippen LogP contribution in [0, 0.1) is 17.6 Å². The van der Waals surface area contributed by atoms with Crippen LogP contribution in [0.5, 0.6) is 5.88 Å². The van der Waals surface area contributed by atoms with Gasteiger partial charge in [0.1, 0.15) is 11.6 Å². The monoisotopic (exact) mass is 533 g/mol. The van der Waals surface area contributed by atoms with E-state index in [2.05, 4.69) is 20.2 Å². The molecule has 3 heterocycles. The maximum Gasteiger partial charge on any atom is 0.394 e. The van der Waals surface area contributed by atoms with Crippen molar-refractivity contribution in [3.05, 3.63) is 59.6 Å². The van der Waals surface area contributed by atoms with E-state index in [-0.39, 0.29) is 35.5 Å². The van der Waals surface area contributed by atoms with Crippen LogP contribution in [0.25, 0.3) is 11.1 Å². The molecule has 0 saturated carbocycles. The third kappa shape index (κ3) is 6.01. The molecular weight excluding hydrogens is 515 g/mol. The van der Waals surface area contributed by atoms with E-state index in [1.807, 2.05) is 0 Å². The number of carbonyl (C=O) groups is 1. The van der Waals surface area contributed by atoms with Crippen LogP contribution < -0.4 is 10.1 Å². The smallest absolute Gasteiger partial charge is 0.394 e. The van der Waals surface area contributed by atoms with Gasteiger partial charge in [-0.25, -0.2) is 17.6 Å². The number of nitrogens with zero attached hydrogens (tertiary/aromatic N) is 2. The lowest BCUT2D eigenvalue weighted by atomic mass is 9.83. The number of hydrogen-bond donors (Lipinski definition) is 1. The number of ether oxygens (including phenoxy) is 2. The number of halogens is 7. The van der Waals surface area contributed by atoms with Gasteiger partial charge in [-0.3, -0.25) is 9.78 Å². The number of alkyl halides is 5. The van der Waals surface area contributed by atoms with Gasteiger partial charge in [0.2, 0.25) is 5.76 Å². The van der Waals surface area contributed by atoms with Crippen LogP contribution in [-0.4, -0.2) is 48.5 Å². The van der Waals surface area contributed by atoms with Gasteiger partial charge in [-0.15, -0.1) is 0 Å². The first kappa shape index (κ1) is 26.4. The Kier molecular flexibility index (Phi) is 7.66. The Balaban J connectivity index is 1.78. The fraction of sp³-hybridized carbons (Fsp3) is 0.348. The summed E-state index contributed by atoms with van der Waals surface area (Å²) in [6.07, 6.45) is -6.51. The molecule has 14 heteroatoms. The van der Waals surface area contributed by atoms with Crippen molar-refractivity contribution in [1.29, 1.82) is 0 Å². The first-order valence-electron chi connectivity index (χ1n) is 10.8. The molecule has 1 fully saturated rings. The van der Waals surface area contributed by atoms with E-state index in [1.54, 1.807) is 0 Å². The van der Waals surface area contributed by atoms with Crippen molar-refractivity contribution in [2.24, 2.45) is 5.92 Å². The fourth-order valence-corrected chi connectivity index (χ4v) is 3.96. The minimum Gasteiger partial charge on any atom is -0.469 e. The largest absolute Gasteiger partial charge is 0.469 e. The van der Waals surface area contributed by atoms with Crippen LogP contribution in [0.1, 0.15) is 28.6 Å². The fourth-order valence-electron chi connectivity index (χ4n) is 3.96. The second-order valence-corrected chi connectivity index (χ2v) is 8.05. The van der Waals surface area contributed by atoms with Gasteiger partial charge in [-0.2, -0.15) is 13.2 Å². The number of rotatable bonds is 7. The van der Waals surface area contributed by atoms with Gasteiger partial charge in [0.25, 0.3) is 18.2 Å². The lowest BCUT2D eigenvalue weighted by molar-refractivity contribution is -0.206. The van der Waals surface area contributed by atoms with E-state index in [9.17, 15) is 35.5 Å². The molecule has 4 rings (SSSR count). The molecule has 3 aromatic rings. The minimum absolute atomic E-state index is 0.0300. The molecular formula is C23H18F7N3O4. The molecule has 1 aliphatic heterocycles. The summed E-state index contributed by atoms with van der Waals surface area (Å²) in [7, 11) is 0. The number of anilines is 1. The van der Waals surface area contributed by atoms with Crippen LogP contribution in [0.2, 0.25) is 0 Å². The zero-order chi connectivity index (χ0) is 26.7. The SMILES string of the molecule is O=C(Nc1c(-c2cc(F)ccc2F)ccnc1C1CCOCC1C(F)(F)F)c1cc(OCC(F)F)no1. The molecule has 2 atom stereocenters. The van der Waals surface area contributed by atoms with Crippen molar-refractivity contribution in [3.63, 3.8) is 0 Å². The van der Waals surface area contributed by atoms with Gasteiger partial charge in [-0.1, -0.05) is 0 Å². The number of amides is 1. The van der Waals surface area contributed by atoms with Crippen molar-refractivity contribution in [3.8, 4) is 17.0 Å². The Morgan fingerprint density at radius 2 is 1.95 bits per heavy atom. The molecule has 0 radical (unpaired) electrons. The summed E-state index contributed by atoms with van der Waals surface area (Å²) >= 11 is 0. The van der Waals surface area contributed by atoms with Gasteiger partial charge in [0.15, 0.2) is 6.61 Å². The average molecular weight is 533 g/mol. The minimum atomic E-state index is -4.68. The Labute approximate surface area is 204 Å². The Morgan fingerprint density at radius 3 is 2.68 bits per heavy atom. The summed E-state index contributed by atoms with van der Waals surface area (Å²) in [4.78, 5) is 17.0. The van der Waals surface area contributed by atoms with E-state index >= 15 is 0 Å². The summed E-state index contributed by atoms with van der Waals surface area (Å²) in [5.41, 5.74) is -1.03. The quantitative estimate of drug-likeness (QED) is 0.399. The molecule has 2 aromatic heterocycles. The first-order valence-corrected chi connectivity index (χ1v) is 10.8. The number of nitrogens with one attached hydrogen (secondary N) is 1. The molecule has 198 valence electrons. The zero-order valence-electron chi connectivity index (χ0n) is 18.7. The molecule has 1 amide bonds. The average Bonchev–Trinajstić information content (AvgIpc) is 3.33. The number of aromatic nitrogens is 2. The molecule has 1 aromatic carbocycles. The maximum atomic E-state index is 14.7. The van der Waals surface area contributed by atoms with Gasteiger partial charge in [0.05, 0.1) is 30.0 Å². The van der Waals surface area contributed by atoms with E-state index in [1.165, 1.54) is 6.07 Å². The predicted molar refractivity (Wildman–Crippen MR) is 113 cm³/mol.